The van der Waals surface area contributed by atoms with E-state index in [4.69, 9.17) is 11.6 Å². The topological polar surface area (TPSA) is 86.8 Å². The van der Waals surface area contributed by atoms with Crippen LogP contribution in [-0.2, 0) is 14.8 Å². The predicted octanol–water partition coefficient (Wildman–Crippen LogP) is 4.07. The fourth-order valence-electron chi connectivity index (χ4n) is 3.80. The summed E-state index contributed by atoms with van der Waals surface area (Å²) in [5.74, 6) is -0.360. The fraction of sp³-hybridized carbons (Fsp3) is 0.391. The first-order chi connectivity index (χ1) is 15.2. The fourth-order valence-corrected chi connectivity index (χ4v) is 4.98. The zero-order valence-corrected chi connectivity index (χ0v) is 19.9. The molecule has 0 unspecified atom stereocenters. The van der Waals surface area contributed by atoms with Gasteiger partial charge in [-0.1, -0.05) is 29.8 Å². The highest BCUT2D eigenvalue weighted by atomic mass is 35.5. The first-order valence-electron chi connectivity index (χ1n) is 10.6. The van der Waals surface area contributed by atoms with Crippen LogP contribution in [0.5, 0.6) is 0 Å². The molecule has 2 aromatic carbocycles. The molecule has 1 saturated heterocycles. The van der Waals surface area contributed by atoms with Gasteiger partial charge in [-0.25, -0.2) is 8.42 Å². The summed E-state index contributed by atoms with van der Waals surface area (Å²) < 4.78 is 26.0. The number of sulfonamides is 1. The van der Waals surface area contributed by atoms with E-state index in [1.807, 2.05) is 0 Å². The monoisotopic (exact) mass is 477 g/mol. The number of hydrogen-bond acceptors (Lipinski definition) is 4. The maximum atomic E-state index is 12.8. The van der Waals surface area contributed by atoms with Crippen molar-refractivity contribution in [3.05, 3.63) is 58.6 Å². The lowest BCUT2D eigenvalue weighted by atomic mass is 10.1. The van der Waals surface area contributed by atoms with E-state index in [9.17, 15) is 18.0 Å². The second-order valence-electron chi connectivity index (χ2n) is 7.92. The van der Waals surface area contributed by atoms with Gasteiger partial charge >= 0.3 is 0 Å². The molecule has 0 atom stereocenters. The lowest BCUT2D eigenvalue weighted by Crippen LogP contribution is -2.32. The summed E-state index contributed by atoms with van der Waals surface area (Å²) in [4.78, 5) is 27.1. The van der Waals surface area contributed by atoms with Crippen molar-refractivity contribution in [1.29, 1.82) is 0 Å². The normalized spacial score (nSPS) is 13.8. The molecule has 1 heterocycles. The van der Waals surface area contributed by atoms with E-state index < -0.39 is 10.0 Å². The molecule has 9 heteroatoms. The number of nitrogens with one attached hydrogen (secondary N) is 1. The smallest absolute Gasteiger partial charge is 0.255 e. The average molecular weight is 478 g/mol. The Hall–Kier alpha value is -2.58. The van der Waals surface area contributed by atoms with Crippen LogP contribution < -0.4 is 9.62 Å². The van der Waals surface area contributed by atoms with E-state index in [-0.39, 0.29) is 24.8 Å². The molecule has 7 nitrogen and oxygen atoms in total. The van der Waals surface area contributed by atoms with Gasteiger partial charge in [0.25, 0.3) is 5.91 Å². The van der Waals surface area contributed by atoms with Gasteiger partial charge < -0.3 is 10.2 Å². The van der Waals surface area contributed by atoms with Crippen molar-refractivity contribution in [3.8, 4) is 0 Å². The third-order valence-corrected chi connectivity index (χ3v) is 7.09. The molecule has 0 bridgehead atoms. The lowest BCUT2D eigenvalue weighted by molar-refractivity contribution is -0.116. The van der Waals surface area contributed by atoms with Crippen LogP contribution in [0.15, 0.2) is 42.5 Å². The zero-order chi connectivity index (χ0) is 23.3. The minimum absolute atomic E-state index is 0.0851. The van der Waals surface area contributed by atoms with Crippen LogP contribution in [-0.4, -0.2) is 51.0 Å². The van der Waals surface area contributed by atoms with Crippen molar-refractivity contribution in [1.82, 2.24) is 4.90 Å². The van der Waals surface area contributed by atoms with Crippen molar-refractivity contribution in [2.75, 3.05) is 35.5 Å². The van der Waals surface area contributed by atoms with Gasteiger partial charge in [-0.3, -0.25) is 13.9 Å². The molecule has 172 valence electrons. The summed E-state index contributed by atoms with van der Waals surface area (Å²) in [6.45, 7) is 3.36. The molecule has 0 saturated carbocycles. The Labute approximate surface area is 194 Å². The number of halogens is 1. The van der Waals surface area contributed by atoms with Gasteiger partial charge in [0.1, 0.15) is 0 Å². The summed E-state index contributed by atoms with van der Waals surface area (Å²) in [7, 11) is -3.55. The quantitative estimate of drug-likeness (QED) is 0.620. The highest BCUT2D eigenvalue weighted by Crippen LogP contribution is 2.28. The van der Waals surface area contributed by atoms with Crippen LogP contribution in [0, 0.1) is 6.92 Å². The molecule has 1 aliphatic heterocycles. The van der Waals surface area contributed by atoms with Gasteiger partial charge in [-0.2, -0.15) is 0 Å². The number of rotatable bonds is 8. The summed E-state index contributed by atoms with van der Waals surface area (Å²) in [5, 5.41) is 3.29. The maximum absolute atomic E-state index is 12.8. The number of carbonyl (C=O) groups excluding carboxylic acids is 2. The number of nitrogens with zero attached hydrogens (tertiary/aromatic N) is 2. The van der Waals surface area contributed by atoms with Gasteiger partial charge in [0, 0.05) is 31.1 Å². The van der Waals surface area contributed by atoms with Crippen LogP contribution >= 0.6 is 11.6 Å². The van der Waals surface area contributed by atoms with Crippen molar-refractivity contribution in [2.24, 2.45) is 0 Å². The predicted molar refractivity (Wildman–Crippen MR) is 128 cm³/mol. The van der Waals surface area contributed by atoms with Crippen molar-refractivity contribution >= 4 is 44.8 Å². The Morgan fingerprint density at radius 3 is 2.47 bits per heavy atom. The molecule has 1 fully saturated rings. The molecule has 0 aromatic heterocycles. The average Bonchev–Trinajstić information content (AvgIpc) is 3.28. The Morgan fingerprint density at radius 2 is 1.78 bits per heavy atom. The van der Waals surface area contributed by atoms with Crippen LogP contribution in [0.4, 0.5) is 11.4 Å². The van der Waals surface area contributed by atoms with Gasteiger partial charge in [-0.15, -0.1) is 0 Å². The first-order valence-corrected chi connectivity index (χ1v) is 12.8. The number of carbonyl (C=O) groups is 2. The SMILES string of the molecule is Cc1c(Cl)cccc1N(CCCC(=O)Nc1ccccc1C(=O)N1CCCC1)S(C)(=O)=O. The summed E-state index contributed by atoms with van der Waals surface area (Å²) in [6.07, 6.45) is 3.53. The number of likely N-dealkylation sites (tertiary alicyclic amines) is 1. The number of hydrogen-bond donors (Lipinski definition) is 1. The largest absolute Gasteiger partial charge is 0.339 e. The maximum Gasteiger partial charge on any atom is 0.255 e. The lowest BCUT2D eigenvalue weighted by Gasteiger charge is -2.24. The van der Waals surface area contributed by atoms with E-state index in [2.05, 4.69) is 5.32 Å². The standard InChI is InChI=1S/C23H28ClN3O4S/c1-17-19(24)10-7-12-21(17)27(32(2,30)31)16-8-13-22(28)25-20-11-4-3-9-18(20)23(29)26-14-5-6-15-26/h3-4,7,9-12H,5-6,8,13-16H2,1-2H3,(H,25,28). The minimum Gasteiger partial charge on any atom is -0.339 e. The van der Waals surface area contributed by atoms with E-state index in [1.165, 1.54) is 4.31 Å². The first kappa shape index (κ1) is 24.1. The number of para-hydroxylation sites is 1. The molecule has 0 spiro atoms. The highest BCUT2D eigenvalue weighted by molar-refractivity contribution is 7.92. The van der Waals surface area contributed by atoms with E-state index in [0.29, 0.717) is 33.9 Å². The van der Waals surface area contributed by atoms with Gasteiger partial charge in [0.2, 0.25) is 15.9 Å². The van der Waals surface area contributed by atoms with Crippen molar-refractivity contribution in [3.63, 3.8) is 0 Å². The molecule has 3 rings (SSSR count). The Balaban J connectivity index is 1.65. The van der Waals surface area contributed by atoms with Gasteiger partial charge in [-0.05, 0) is 56.0 Å². The van der Waals surface area contributed by atoms with E-state index in [0.717, 1.165) is 32.2 Å². The molecule has 2 amide bonds. The molecule has 2 aromatic rings. The molecule has 1 N–H and O–H groups in total. The molecule has 1 aliphatic rings. The molecular formula is C23H28ClN3O4S. The number of anilines is 2. The number of amides is 2. The van der Waals surface area contributed by atoms with Crippen LogP contribution in [0.3, 0.4) is 0 Å². The van der Waals surface area contributed by atoms with E-state index >= 15 is 0 Å². The highest BCUT2D eigenvalue weighted by Gasteiger charge is 2.23. The summed E-state index contributed by atoms with van der Waals surface area (Å²) >= 11 is 6.15. The summed E-state index contributed by atoms with van der Waals surface area (Å²) in [6, 6.07) is 12.1. The third kappa shape index (κ3) is 5.81. The molecule has 0 radical (unpaired) electrons. The Kier molecular flexibility index (Phi) is 7.79. The molecular weight excluding hydrogens is 450 g/mol. The molecule has 32 heavy (non-hydrogen) atoms. The zero-order valence-electron chi connectivity index (χ0n) is 18.3. The van der Waals surface area contributed by atoms with Crippen LogP contribution in [0.2, 0.25) is 5.02 Å². The van der Waals surface area contributed by atoms with E-state index in [1.54, 1.807) is 54.3 Å². The minimum atomic E-state index is -3.55. The van der Waals surface area contributed by atoms with Gasteiger partial charge in [0.05, 0.1) is 23.2 Å². The van der Waals surface area contributed by atoms with Crippen molar-refractivity contribution < 1.29 is 18.0 Å². The Bertz CT molecular complexity index is 1100. The molecule has 0 aliphatic carbocycles. The van der Waals surface area contributed by atoms with Crippen LogP contribution in [0.25, 0.3) is 0 Å². The van der Waals surface area contributed by atoms with Gasteiger partial charge in [0.15, 0.2) is 0 Å². The van der Waals surface area contributed by atoms with Crippen molar-refractivity contribution in [2.45, 2.75) is 32.6 Å². The second-order valence-corrected chi connectivity index (χ2v) is 10.2. The Morgan fingerprint density at radius 1 is 1.09 bits per heavy atom. The summed E-state index contributed by atoms with van der Waals surface area (Å²) in [5.41, 5.74) is 2.11. The third-order valence-electron chi connectivity index (χ3n) is 5.50. The second kappa shape index (κ2) is 10.4. The van der Waals surface area contributed by atoms with Crippen LogP contribution in [0.1, 0.15) is 41.6 Å². The number of benzene rings is 2.